The molecule has 3 rings (SSSR count). The topological polar surface area (TPSA) is 97.0 Å². The average Bonchev–Trinajstić information content (AvgIpc) is 2.72. The molecule has 0 atom stereocenters. The zero-order chi connectivity index (χ0) is 20.6. The molecule has 0 saturated heterocycles. The number of rotatable bonds is 9. The number of alkyl halides is 1. The van der Waals surface area contributed by atoms with Crippen LogP contribution >= 0.6 is 23.2 Å². The Bertz CT molecular complexity index is 1040. The van der Waals surface area contributed by atoms with E-state index in [1.807, 2.05) is 24.3 Å². The van der Waals surface area contributed by atoms with Crippen LogP contribution in [0, 0.1) is 12.3 Å². The molecular formula is C21H21Cl2N3O4. The third kappa shape index (κ3) is 5.88. The molecule has 3 aromatic rings. The second-order valence-electron chi connectivity index (χ2n) is 5.89. The first-order valence-corrected chi connectivity index (χ1v) is 9.71. The predicted octanol–water partition coefficient (Wildman–Crippen LogP) is 3.83. The molecule has 0 radical (unpaired) electrons. The molecule has 3 N–H and O–H groups in total. The Labute approximate surface area is 184 Å². The molecule has 7 nitrogen and oxygen atoms in total. The van der Waals surface area contributed by atoms with Crippen molar-refractivity contribution >= 4 is 45.6 Å². The standard InChI is InChI=1S/C21H19Cl2N3O3.H2O/c1-3-14-5-4-6-15(11-14)24-20-16-12-18(28-8-7-22)19(29-10-9-27-2)13-17(16)25-21(23)26-20;/h1,4-6,11-13H,7-10H2,2H3,(H,24,25,26);1H2. The lowest BCUT2D eigenvalue weighted by Crippen LogP contribution is -2.07. The first-order valence-electron chi connectivity index (χ1n) is 8.80. The fourth-order valence-corrected chi connectivity index (χ4v) is 2.89. The number of halogens is 2. The van der Waals surface area contributed by atoms with E-state index in [1.165, 1.54) is 0 Å². The van der Waals surface area contributed by atoms with E-state index in [-0.39, 0.29) is 10.8 Å². The van der Waals surface area contributed by atoms with Gasteiger partial charge < -0.3 is 25.0 Å². The maximum atomic E-state index is 6.15. The summed E-state index contributed by atoms with van der Waals surface area (Å²) in [7, 11) is 1.61. The molecule has 0 aliphatic heterocycles. The zero-order valence-corrected chi connectivity index (χ0v) is 17.8. The summed E-state index contributed by atoms with van der Waals surface area (Å²) >= 11 is 11.9. The number of benzene rings is 2. The van der Waals surface area contributed by atoms with Crippen molar-refractivity contribution in [1.82, 2.24) is 9.97 Å². The Morgan fingerprint density at radius 3 is 2.57 bits per heavy atom. The van der Waals surface area contributed by atoms with E-state index in [9.17, 15) is 0 Å². The highest BCUT2D eigenvalue weighted by Crippen LogP contribution is 2.36. The number of terminal acetylenes is 1. The number of hydrogen-bond acceptors (Lipinski definition) is 6. The van der Waals surface area contributed by atoms with E-state index < -0.39 is 0 Å². The summed E-state index contributed by atoms with van der Waals surface area (Å²) in [4.78, 5) is 8.64. The molecule has 0 bridgehead atoms. The molecule has 0 spiro atoms. The van der Waals surface area contributed by atoms with Crippen LogP contribution in [-0.2, 0) is 4.74 Å². The van der Waals surface area contributed by atoms with E-state index >= 15 is 0 Å². The van der Waals surface area contributed by atoms with Crippen LogP contribution in [0.2, 0.25) is 5.28 Å². The molecule has 2 aromatic carbocycles. The highest BCUT2D eigenvalue weighted by molar-refractivity contribution is 6.28. The third-order valence-electron chi connectivity index (χ3n) is 3.91. The lowest BCUT2D eigenvalue weighted by molar-refractivity contribution is 0.143. The molecular weight excluding hydrogens is 429 g/mol. The van der Waals surface area contributed by atoms with Crippen LogP contribution < -0.4 is 14.8 Å². The Balaban J connectivity index is 0.00000320. The van der Waals surface area contributed by atoms with Gasteiger partial charge in [-0.05, 0) is 35.9 Å². The molecule has 9 heteroatoms. The second kappa shape index (κ2) is 11.4. The average molecular weight is 450 g/mol. The summed E-state index contributed by atoms with van der Waals surface area (Å²) in [5.41, 5.74) is 2.13. The number of anilines is 2. The largest absolute Gasteiger partial charge is 0.488 e. The van der Waals surface area contributed by atoms with Crippen LogP contribution in [0.1, 0.15) is 5.56 Å². The highest BCUT2D eigenvalue weighted by Gasteiger charge is 2.14. The zero-order valence-electron chi connectivity index (χ0n) is 16.2. The van der Waals surface area contributed by atoms with Gasteiger partial charge in [-0.3, -0.25) is 0 Å². The Hall–Kier alpha value is -2.76. The number of aromatic nitrogens is 2. The number of hydrogen-bond donors (Lipinski definition) is 1. The minimum absolute atomic E-state index is 0. The van der Waals surface area contributed by atoms with Gasteiger partial charge in [0.1, 0.15) is 19.0 Å². The van der Waals surface area contributed by atoms with Crippen LogP contribution in [0.15, 0.2) is 36.4 Å². The van der Waals surface area contributed by atoms with Crippen molar-refractivity contribution in [2.24, 2.45) is 0 Å². The van der Waals surface area contributed by atoms with Gasteiger partial charge in [-0.25, -0.2) is 4.98 Å². The normalized spacial score (nSPS) is 10.2. The highest BCUT2D eigenvalue weighted by atomic mass is 35.5. The van der Waals surface area contributed by atoms with Crippen molar-refractivity contribution in [3.8, 4) is 23.8 Å². The molecule has 1 heterocycles. The van der Waals surface area contributed by atoms with Gasteiger partial charge in [0, 0.05) is 29.8 Å². The molecule has 1 aromatic heterocycles. The Kier molecular flexibility index (Phi) is 8.96. The summed E-state index contributed by atoms with van der Waals surface area (Å²) in [6, 6.07) is 11.0. The monoisotopic (exact) mass is 449 g/mol. The van der Waals surface area contributed by atoms with Crippen molar-refractivity contribution in [2.75, 3.05) is 38.1 Å². The maximum absolute atomic E-state index is 6.15. The summed E-state index contributed by atoms with van der Waals surface area (Å²) in [5.74, 6) is 4.52. The molecule has 0 amide bonds. The van der Waals surface area contributed by atoms with Gasteiger partial charge in [0.2, 0.25) is 5.28 Å². The quantitative estimate of drug-likeness (QED) is 0.230. The van der Waals surface area contributed by atoms with Crippen molar-refractivity contribution in [3.05, 3.63) is 47.2 Å². The van der Waals surface area contributed by atoms with Crippen LogP contribution in [0.3, 0.4) is 0 Å². The van der Waals surface area contributed by atoms with E-state index in [0.29, 0.717) is 53.9 Å². The second-order valence-corrected chi connectivity index (χ2v) is 6.60. The molecule has 0 unspecified atom stereocenters. The number of ether oxygens (including phenoxy) is 3. The van der Waals surface area contributed by atoms with Crippen molar-refractivity contribution in [3.63, 3.8) is 0 Å². The first-order chi connectivity index (χ1) is 14.1. The van der Waals surface area contributed by atoms with Crippen LogP contribution in [0.5, 0.6) is 11.5 Å². The number of nitrogens with zero attached hydrogens (tertiary/aromatic N) is 2. The Morgan fingerprint density at radius 1 is 1.07 bits per heavy atom. The van der Waals surface area contributed by atoms with E-state index in [0.717, 1.165) is 11.3 Å². The lowest BCUT2D eigenvalue weighted by atomic mass is 10.2. The van der Waals surface area contributed by atoms with Gasteiger partial charge in [0.05, 0.1) is 18.0 Å². The van der Waals surface area contributed by atoms with Crippen molar-refractivity contribution < 1.29 is 19.7 Å². The minimum Gasteiger partial charge on any atom is -0.488 e. The van der Waals surface area contributed by atoms with Crippen LogP contribution in [0.4, 0.5) is 11.5 Å². The molecule has 0 saturated carbocycles. The van der Waals surface area contributed by atoms with Crippen LogP contribution in [0.25, 0.3) is 10.9 Å². The molecule has 0 fully saturated rings. The Morgan fingerprint density at radius 2 is 1.83 bits per heavy atom. The molecule has 0 aliphatic rings. The van der Waals surface area contributed by atoms with Crippen molar-refractivity contribution in [2.45, 2.75) is 0 Å². The third-order valence-corrected chi connectivity index (χ3v) is 4.23. The van der Waals surface area contributed by atoms with Gasteiger partial charge >= 0.3 is 0 Å². The van der Waals surface area contributed by atoms with E-state index in [2.05, 4.69) is 21.2 Å². The minimum atomic E-state index is 0. The number of nitrogens with one attached hydrogen (secondary N) is 1. The van der Waals surface area contributed by atoms with Gasteiger partial charge in [-0.2, -0.15) is 4.98 Å². The fourth-order valence-electron chi connectivity index (χ4n) is 2.64. The summed E-state index contributed by atoms with van der Waals surface area (Å²) < 4.78 is 16.6. The van der Waals surface area contributed by atoms with Gasteiger partial charge in [-0.15, -0.1) is 18.0 Å². The first kappa shape index (κ1) is 23.5. The summed E-state index contributed by atoms with van der Waals surface area (Å²) in [5, 5.41) is 4.06. The van der Waals surface area contributed by atoms with E-state index in [1.54, 1.807) is 19.2 Å². The number of fused-ring (bicyclic) bond motifs is 1. The maximum Gasteiger partial charge on any atom is 0.224 e. The lowest BCUT2D eigenvalue weighted by Gasteiger charge is -2.15. The smallest absolute Gasteiger partial charge is 0.224 e. The summed E-state index contributed by atoms with van der Waals surface area (Å²) in [6.07, 6.45) is 5.49. The van der Waals surface area contributed by atoms with Gasteiger partial charge in [0.25, 0.3) is 0 Å². The number of methoxy groups -OCH3 is 1. The molecule has 0 aliphatic carbocycles. The van der Waals surface area contributed by atoms with Gasteiger partial charge in [-0.1, -0.05) is 12.0 Å². The predicted molar refractivity (Wildman–Crippen MR) is 119 cm³/mol. The SMILES string of the molecule is C#Cc1cccc(Nc2nc(Cl)nc3cc(OCCOC)c(OCCCl)cc23)c1.O. The summed E-state index contributed by atoms with van der Waals surface area (Å²) in [6.45, 7) is 1.13. The fraction of sp³-hybridized carbons (Fsp3) is 0.238. The molecule has 158 valence electrons. The van der Waals surface area contributed by atoms with Crippen molar-refractivity contribution in [1.29, 1.82) is 0 Å². The van der Waals surface area contributed by atoms with Crippen LogP contribution in [-0.4, -0.2) is 48.3 Å². The van der Waals surface area contributed by atoms with E-state index in [4.69, 9.17) is 43.8 Å². The van der Waals surface area contributed by atoms with Gasteiger partial charge in [0.15, 0.2) is 11.5 Å². The molecule has 30 heavy (non-hydrogen) atoms.